The number of nitrogens with one attached hydrogen (secondary N) is 1. The van der Waals surface area contributed by atoms with Crippen molar-refractivity contribution < 1.29 is 47.2 Å². The van der Waals surface area contributed by atoms with Crippen LogP contribution in [0.15, 0.2) is 66.9 Å². The van der Waals surface area contributed by atoms with Crippen LogP contribution in [0.4, 0.5) is 4.39 Å². The zero-order valence-corrected chi connectivity index (χ0v) is 24.0. The Labute approximate surface area is 248 Å². The minimum Gasteiger partial charge on any atom is -0.493 e. The van der Waals surface area contributed by atoms with Gasteiger partial charge in [-0.2, -0.15) is 0 Å². The number of aromatic nitrogens is 1. The van der Waals surface area contributed by atoms with Gasteiger partial charge >= 0.3 is 11.9 Å². The minimum atomic E-state index is -1.11. The van der Waals surface area contributed by atoms with Gasteiger partial charge in [-0.3, -0.25) is 9.59 Å². The van der Waals surface area contributed by atoms with E-state index in [4.69, 9.17) is 28.4 Å². The van der Waals surface area contributed by atoms with Crippen molar-refractivity contribution in [3.63, 3.8) is 0 Å². The van der Waals surface area contributed by atoms with Crippen LogP contribution in [0.1, 0.15) is 36.3 Å². The predicted molar refractivity (Wildman–Crippen MR) is 150 cm³/mol. The van der Waals surface area contributed by atoms with Crippen LogP contribution < -0.4 is 19.5 Å². The summed E-state index contributed by atoms with van der Waals surface area (Å²) < 4.78 is 47.4. The highest BCUT2D eigenvalue weighted by molar-refractivity contribution is 5.98. The summed E-state index contributed by atoms with van der Waals surface area (Å²) in [5, 5.41) is 2.65. The molecule has 0 saturated carbocycles. The Kier molecular flexibility index (Phi) is 10.9. The fourth-order valence-electron chi connectivity index (χ4n) is 4.46. The first-order valence-corrected chi connectivity index (χ1v) is 13.6. The van der Waals surface area contributed by atoms with Crippen LogP contribution in [-0.4, -0.2) is 67.7 Å². The Morgan fingerprint density at radius 3 is 2.53 bits per heavy atom. The molecule has 1 saturated heterocycles. The molecule has 2 heterocycles. The Morgan fingerprint density at radius 1 is 1.09 bits per heavy atom. The zero-order valence-electron chi connectivity index (χ0n) is 24.0. The number of hydrogen-bond donors (Lipinski definition) is 1. The number of cyclic esters (lactones) is 1. The van der Waals surface area contributed by atoms with Gasteiger partial charge in [0, 0.05) is 38.6 Å². The molecule has 12 heteroatoms. The Morgan fingerprint density at radius 2 is 1.84 bits per heavy atom. The van der Waals surface area contributed by atoms with Gasteiger partial charge in [0.15, 0.2) is 23.3 Å². The van der Waals surface area contributed by atoms with E-state index in [1.165, 1.54) is 38.4 Å². The third-order valence-electron chi connectivity index (χ3n) is 6.59. The molecule has 1 aliphatic rings. The van der Waals surface area contributed by atoms with Crippen molar-refractivity contribution in [2.24, 2.45) is 0 Å². The number of nitrogens with zero attached hydrogens (tertiary/aromatic N) is 1. The van der Waals surface area contributed by atoms with Gasteiger partial charge in [-0.25, -0.2) is 14.2 Å². The van der Waals surface area contributed by atoms with Crippen molar-refractivity contribution in [3.8, 4) is 17.2 Å². The van der Waals surface area contributed by atoms with Crippen molar-refractivity contribution in [1.29, 1.82) is 0 Å². The van der Waals surface area contributed by atoms with Crippen LogP contribution >= 0.6 is 0 Å². The van der Waals surface area contributed by atoms with Gasteiger partial charge < -0.3 is 33.7 Å². The number of pyridine rings is 1. The van der Waals surface area contributed by atoms with Crippen LogP contribution in [-0.2, 0) is 30.2 Å². The average molecular weight is 597 g/mol. The normalized spacial score (nSPS) is 20.4. The maximum Gasteiger partial charge on any atom is 0.329 e. The average Bonchev–Trinajstić information content (AvgIpc) is 3.04. The lowest BCUT2D eigenvalue weighted by Crippen LogP contribution is -2.47. The summed E-state index contributed by atoms with van der Waals surface area (Å²) in [6.45, 7) is 2.48. The Bertz CT molecular complexity index is 1390. The van der Waals surface area contributed by atoms with Gasteiger partial charge in [0.1, 0.15) is 29.8 Å². The lowest BCUT2D eigenvalue weighted by Gasteiger charge is -2.31. The van der Waals surface area contributed by atoms with Crippen LogP contribution in [0.5, 0.6) is 17.2 Å². The molecule has 3 aromatic rings. The summed E-state index contributed by atoms with van der Waals surface area (Å²) in [6, 6.07) is 15.5. The molecule has 1 N–H and O–H groups in total. The van der Waals surface area contributed by atoms with Crippen LogP contribution in [0.25, 0.3) is 0 Å². The molecule has 2 aromatic carbocycles. The first-order valence-electron chi connectivity index (χ1n) is 13.6. The second-order valence-electron chi connectivity index (χ2n) is 9.68. The predicted octanol–water partition coefficient (Wildman–Crippen LogP) is 3.64. The summed E-state index contributed by atoms with van der Waals surface area (Å²) in [7, 11) is 1.38. The standard InChI is InChI=1S/C31H33FN2O9/c1-19-28(43-23-7-5-4-6-8-23)26(17-21-9-11-22(32)12-10-21)39-16-14-24(31(37)42-19)34-30(36)27-29(41-18-40-20(2)35)25(38-3)13-15-33-27/h4-13,15,19,24,26,28H,14,16-18H2,1-3H3,(H,34,36)/t19-,24-,26+,28-/m0/s1. The summed E-state index contributed by atoms with van der Waals surface area (Å²) in [5.41, 5.74) is 0.619. The van der Waals surface area contributed by atoms with E-state index in [0.717, 1.165) is 5.56 Å². The monoisotopic (exact) mass is 596 g/mol. The summed E-state index contributed by atoms with van der Waals surface area (Å²) in [4.78, 5) is 41.9. The van der Waals surface area contributed by atoms with Gasteiger partial charge in [-0.1, -0.05) is 30.3 Å². The molecule has 11 nitrogen and oxygen atoms in total. The molecular weight excluding hydrogens is 563 g/mol. The summed E-state index contributed by atoms with van der Waals surface area (Å²) in [6.07, 6.45) is -0.342. The highest BCUT2D eigenvalue weighted by atomic mass is 19.1. The van der Waals surface area contributed by atoms with Gasteiger partial charge in [-0.15, -0.1) is 0 Å². The van der Waals surface area contributed by atoms with E-state index in [1.54, 1.807) is 31.2 Å². The van der Waals surface area contributed by atoms with Gasteiger partial charge in [0.05, 0.1) is 7.11 Å². The molecule has 1 fully saturated rings. The van der Waals surface area contributed by atoms with E-state index < -0.39 is 49.0 Å². The number of hydrogen-bond acceptors (Lipinski definition) is 10. The van der Waals surface area contributed by atoms with E-state index in [9.17, 15) is 18.8 Å². The molecule has 1 amide bonds. The summed E-state index contributed by atoms with van der Waals surface area (Å²) in [5.74, 6) is -1.72. The number of ether oxygens (including phenoxy) is 6. The van der Waals surface area contributed by atoms with Crippen molar-refractivity contribution in [1.82, 2.24) is 10.3 Å². The number of carbonyl (C=O) groups is 3. The van der Waals surface area contributed by atoms with Gasteiger partial charge in [0.2, 0.25) is 6.79 Å². The third-order valence-corrected chi connectivity index (χ3v) is 6.59. The highest BCUT2D eigenvalue weighted by Crippen LogP contribution is 2.30. The molecule has 228 valence electrons. The molecule has 0 aliphatic carbocycles. The molecule has 4 atom stereocenters. The van der Waals surface area contributed by atoms with E-state index in [-0.39, 0.29) is 36.0 Å². The van der Waals surface area contributed by atoms with E-state index in [0.29, 0.717) is 12.2 Å². The molecule has 4 rings (SSSR count). The van der Waals surface area contributed by atoms with Gasteiger partial charge in [0.25, 0.3) is 5.91 Å². The molecule has 0 bridgehead atoms. The zero-order chi connectivity index (χ0) is 30.8. The number of carbonyl (C=O) groups excluding carboxylic acids is 3. The number of para-hydroxylation sites is 1. The molecule has 0 unspecified atom stereocenters. The smallest absolute Gasteiger partial charge is 0.329 e. The summed E-state index contributed by atoms with van der Waals surface area (Å²) >= 11 is 0. The highest BCUT2D eigenvalue weighted by Gasteiger charge is 2.37. The quantitative estimate of drug-likeness (QED) is 0.273. The van der Waals surface area contributed by atoms with E-state index >= 15 is 0 Å². The van der Waals surface area contributed by atoms with Crippen molar-refractivity contribution >= 4 is 17.8 Å². The number of rotatable bonds is 10. The number of esters is 2. The minimum absolute atomic E-state index is 0.0641. The van der Waals surface area contributed by atoms with Gasteiger partial charge in [-0.05, 0) is 36.8 Å². The fraction of sp³-hybridized carbons (Fsp3) is 0.355. The SMILES string of the molecule is COc1ccnc(C(=O)N[C@H]2CCO[C@H](Cc3ccc(F)cc3)[C@@H](Oc3ccccc3)[C@H](C)OC2=O)c1OCOC(C)=O. The van der Waals surface area contributed by atoms with Crippen molar-refractivity contribution in [2.75, 3.05) is 20.5 Å². The van der Waals surface area contributed by atoms with Crippen LogP contribution in [0.2, 0.25) is 0 Å². The lowest BCUT2D eigenvalue weighted by molar-refractivity contribution is -0.157. The number of benzene rings is 2. The Hall–Kier alpha value is -4.71. The first kappa shape index (κ1) is 31.2. The third kappa shape index (κ3) is 8.65. The second kappa shape index (κ2) is 15.0. The molecule has 0 radical (unpaired) electrons. The fourth-order valence-corrected chi connectivity index (χ4v) is 4.46. The first-order chi connectivity index (χ1) is 20.7. The Balaban J connectivity index is 1.54. The number of methoxy groups -OCH3 is 1. The largest absolute Gasteiger partial charge is 0.493 e. The van der Waals surface area contributed by atoms with E-state index in [2.05, 4.69) is 10.3 Å². The maximum absolute atomic E-state index is 13.6. The van der Waals surface area contributed by atoms with Crippen LogP contribution in [0, 0.1) is 5.82 Å². The molecule has 1 aliphatic heterocycles. The maximum atomic E-state index is 13.6. The molecule has 43 heavy (non-hydrogen) atoms. The van der Waals surface area contributed by atoms with E-state index in [1.807, 2.05) is 18.2 Å². The number of halogens is 1. The topological polar surface area (TPSA) is 132 Å². The molecular formula is C31H33FN2O9. The van der Waals surface area contributed by atoms with Crippen molar-refractivity contribution in [3.05, 3.63) is 83.9 Å². The lowest BCUT2D eigenvalue weighted by atomic mass is 10.00. The number of amides is 1. The second-order valence-corrected chi connectivity index (χ2v) is 9.68. The van der Waals surface area contributed by atoms with Crippen LogP contribution in [0.3, 0.4) is 0 Å². The molecule has 1 aromatic heterocycles. The van der Waals surface area contributed by atoms with Crippen molar-refractivity contribution in [2.45, 2.75) is 51.0 Å². The molecule has 0 spiro atoms.